The van der Waals surface area contributed by atoms with Gasteiger partial charge in [0.1, 0.15) is 0 Å². The van der Waals surface area contributed by atoms with Crippen molar-refractivity contribution >= 4 is 29.7 Å². The Morgan fingerprint density at radius 1 is 1.39 bits per heavy atom. The molecular weight excluding hydrogens is 330 g/mol. The number of aryl methyl sites for hydroxylation is 1. The molecule has 2 heterocycles. The van der Waals surface area contributed by atoms with Crippen LogP contribution in [0.3, 0.4) is 0 Å². The summed E-state index contributed by atoms with van der Waals surface area (Å²) in [4.78, 5) is 19.2. The van der Waals surface area contributed by atoms with Gasteiger partial charge in [0.25, 0.3) is 5.91 Å². The van der Waals surface area contributed by atoms with E-state index in [1.54, 1.807) is 11.3 Å². The lowest BCUT2D eigenvalue weighted by atomic mass is 9.98. The van der Waals surface area contributed by atoms with E-state index in [9.17, 15) is 4.79 Å². The van der Waals surface area contributed by atoms with Crippen LogP contribution in [0, 0.1) is 6.92 Å². The van der Waals surface area contributed by atoms with Gasteiger partial charge in [-0.15, -0.1) is 23.7 Å². The minimum absolute atomic E-state index is 0. The number of carbonyl (C=O) groups is 1. The van der Waals surface area contributed by atoms with Crippen molar-refractivity contribution < 1.29 is 4.79 Å². The molecule has 0 radical (unpaired) electrons. The Bertz CT molecular complexity index is 656. The number of carbonyl (C=O) groups excluding carboxylic acids is 1. The SMILES string of the molecule is Cc1csc(C2CCCN(C(=O)c3ccc(CN)cc3)C2)n1.Cl. The van der Waals surface area contributed by atoms with E-state index in [0.29, 0.717) is 12.5 Å². The Morgan fingerprint density at radius 3 is 2.74 bits per heavy atom. The molecule has 23 heavy (non-hydrogen) atoms. The van der Waals surface area contributed by atoms with E-state index in [1.807, 2.05) is 36.1 Å². The van der Waals surface area contributed by atoms with Crippen LogP contribution in [0.5, 0.6) is 0 Å². The van der Waals surface area contributed by atoms with Crippen molar-refractivity contribution in [2.24, 2.45) is 5.73 Å². The number of aromatic nitrogens is 1. The van der Waals surface area contributed by atoms with Gasteiger partial charge in [-0.25, -0.2) is 4.98 Å². The summed E-state index contributed by atoms with van der Waals surface area (Å²) in [5.74, 6) is 0.487. The Kier molecular flexibility index (Phi) is 6.16. The van der Waals surface area contributed by atoms with Gasteiger partial charge >= 0.3 is 0 Å². The molecule has 2 aromatic rings. The molecule has 2 N–H and O–H groups in total. The Morgan fingerprint density at radius 2 is 2.13 bits per heavy atom. The molecule has 1 atom stereocenters. The van der Waals surface area contributed by atoms with Gasteiger partial charge in [-0.3, -0.25) is 4.79 Å². The number of amides is 1. The number of benzene rings is 1. The molecule has 124 valence electrons. The third-order valence-corrected chi connectivity index (χ3v) is 5.26. The molecule has 0 spiro atoms. The topological polar surface area (TPSA) is 59.2 Å². The molecule has 1 aromatic carbocycles. The lowest BCUT2D eigenvalue weighted by Gasteiger charge is -2.32. The molecule has 1 unspecified atom stereocenters. The lowest BCUT2D eigenvalue weighted by molar-refractivity contribution is 0.0707. The van der Waals surface area contributed by atoms with Crippen LogP contribution in [0.15, 0.2) is 29.6 Å². The van der Waals surface area contributed by atoms with E-state index in [2.05, 4.69) is 10.4 Å². The Balaban J connectivity index is 0.00000192. The molecular formula is C17H22ClN3OS. The van der Waals surface area contributed by atoms with Crippen LogP contribution >= 0.6 is 23.7 Å². The monoisotopic (exact) mass is 351 g/mol. The van der Waals surface area contributed by atoms with E-state index in [1.165, 1.54) is 0 Å². The first-order valence-electron chi connectivity index (χ1n) is 7.67. The Labute approximate surface area is 147 Å². The number of likely N-dealkylation sites (tertiary alicyclic amines) is 1. The summed E-state index contributed by atoms with van der Waals surface area (Å²) in [7, 11) is 0. The highest BCUT2D eigenvalue weighted by atomic mass is 35.5. The largest absolute Gasteiger partial charge is 0.338 e. The number of nitrogens with zero attached hydrogens (tertiary/aromatic N) is 2. The second-order valence-electron chi connectivity index (χ2n) is 5.82. The zero-order chi connectivity index (χ0) is 15.5. The van der Waals surface area contributed by atoms with E-state index < -0.39 is 0 Å². The minimum atomic E-state index is 0. The first kappa shape index (κ1) is 17.9. The highest BCUT2D eigenvalue weighted by molar-refractivity contribution is 7.09. The standard InChI is InChI=1S/C17H21N3OS.ClH/c1-12-11-22-16(19-12)15-3-2-8-20(10-15)17(21)14-6-4-13(9-18)5-7-14;/h4-7,11,15H,2-3,8-10,18H2,1H3;1H. The van der Waals surface area contributed by atoms with Crippen molar-refractivity contribution in [1.29, 1.82) is 0 Å². The normalized spacial score (nSPS) is 17.7. The van der Waals surface area contributed by atoms with Gasteiger partial charge < -0.3 is 10.6 Å². The van der Waals surface area contributed by atoms with Gasteiger partial charge in [-0.1, -0.05) is 12.1 Å². The van der Waals surface area contributed by atoms with Gasteiger partial charge in [-0.2, -0.15) is 0 Å². The molecule has 0 bridgehead atoms. The average Bonchev–Trinajstić information content (AvgIpc) is 3.01. The number of thiazole rings is 1. The number of piperidine rings is 1. The zero-order valence-corrected chi connectivity index (χ0v) is 14.8. The minimum Gasteiger partial charge on any atom is -0.338 e. The van der Waals surface area contributed by atoms with Crippen LogP contribution in [0.4, 0.5) is 0 Å². The van der Waals surface area contributed by atoms with Crippen LogP contribution in [0.25, 0.3) is 0 Å². The fraction of sp³-hybridized carbons (Fsp3) is 0.412. The van der Waals surface area contributed by atoms with Gasteiger partial charge in [0, 0.05) is 42.2 Å². The third kappa shape index (κ3) is 4.10. The maximum atomic E-state index is 12.7. The molecule has 0 aliphatic carbocycles. The smallest absolute Gasteiger partial charge is 0.253 e. The molecule has 1 saturated heterocycles. The fourth-order valence-corrected chi connectivity index (χ4v) is 3.81. The summed E-state index contributed by atoms with van der Waals surface area (Å²) in [5, 5.41) is 3.25. The quantitative estimate of drug-likeness (QED) is 0.922. The molecule has 1 amide bonds. The molecule has 1 aliphatic rings. The third-order valence-electron chi connectivity index (χ3n) is 4.13. The van der Waals surface area contributed by atoms with Crippen molar-refractivity contribution in [2.45, 2.75) is 32.2 Å². The van der Waals surface area contributed by atoms with Gasteiger partial charge in [-0.05, 0) is 37.5 Å². The molecule has 6 heteroatoms. The summed E-state index contributed by atoms with van der Waals surface area (Å²) in [5.41, 5.74) is 8.46. The summed E-state index contributed by atoms with van der Waals surface area (Å²) in [6.07, 6.45) is 2.15. The predicted octanol–water partition coefficient (Wildman–Crippen LogP) is 3.35. The second-order valence-corrected chi connectivity index (χ2v) is 6.71. The van der Waals surface area contributed by atoms with Crippen LogP contribution < -0.4 is 5.73 Å². The van der Waals surface area contributed by atoms with Crippen LogP contribution in [-0.4, -0.2) is 28.9 Å². The van der Waals surface area contributed by atoms with Gasteiger partial charge in [0.05, 0.1) is 5.01 Å². The lowest BCUT2D eigenvalue weighted by Crippen LogP contribution is -2.39. The maximum Gasteiger partial charge on any atom is 0.253 e. The molecule has 1 aliphatic heterocycles. The van der Waals surface area contributed by atoms with E-state index in [0.717, 1.165) is 47.8 Å². The van der Waals surface area contributed by atoms with E-state index >= 15 is 0 Å². The number of nitrogens with two attached hydrogens (primary N) is 1. The van der Waals surface area contributed by atoms with Crippen molar-refractivity contribution in [1.82, 2.24) is 9.88 Å². The van der Waals surface area contributed by atoms with Crippen LogP contribution in [0.1, 0.15) is 45.4 Å². The average molecular weight is 352 g/mol. The van der Waals surface area contributed by atoms with Crippen molar-refractivity contribution in [3.05, 3.63) is 51.5 Å². The maximum absolute atomic E-state index is 12.7. The fourth-order valence-electron chi connectivity index (χ4n) is 2.89. The summed E-state index contributed by atoms with van der Waals surface area (Å²) in [6.45, 7) is 4.12. The summed E-state index contributed by atoms with van der Waals surface area (Å²) < 4.78 is 0. The van der Waals surface area contributed by atoms with Crippen molar-refractivity contribution in [3.63, 3.8) is 0 Å². The number of hydrogen-bond acceptors (Lipinski definition) is 4. The summed E-state index contributed by atoms with van der Waals surface area (Å²) >= 11 is 1.71. The first-order valence-corrected chi connectivity index (χ1v) is 8.55. The highest BCUT2D eigenvalue weighted by Crippen LogP contribution is 2.29. The number of hydrogen-bond donors (Lipinski definition) is 1. The molecule has 1 aromatic heterocycles. The van der Waals surface area contributed by atoms with Crippen LogP contribution in [-0.2, 0) is 6.54 Å². The van der Waals surface area contributed by atoms with Gasteiger partial charge in [0.15, 0.2) is 0 Å². The van der Waals surface area contributed by atoms with Crippen molar-refractivity contribution in [2.75, 3.05) is 13.1 Å². The second kappa shape index (κ2) is 7.90. The predicted molar refractivity (Wildman–Crippen MR) is 96.3 cm³/mol. The molecule has 0 saturated carbocycles. The van der Waals surface area contributed by atoms with Gasteiger partial charge in [0.2, 0.25) is 0 Å². The van der Waals surface area contributed by atoms with Crippen LogP contribution in [0.2, 0.25) is 0 Å². The molecule has 3 rings (SSSR count). The first-order chi connectivity index (χ1) is 10.7. The molecule has 1 fully saturated rings. The number of rotatable bonds is 3. The Hall–Kier alpha value is -1.43. The highest BCUT2D eigenvalue weighted by Gasteiger charge is 2.27. The number of halogens is 1. The summed E-state index contributed by atoms with van der Waals surface area (Å²) in [6, 6.07) is 7.61. The zero-order valence-electron chi connectivity index (χ0n) is 13.2. The van der Waals surface area contributed by atoms with Crippen molar-refractivity contribution in [3.8, 4) is 0 Å². The molecule has 4 nitrogen and oxygen atoms in total. The van der Waals surface area contributed by atoms with E-state index in [-0.39, 0.29) is 18.3 Å². The van der Waals surface area contributed by atoms with E-state index in [4.69, 9.17) is 5.73 Å².